The number of nitrogens with one attached hydrogen (secondary N) is 2. The first kappa shape index (κ1) is 22.1. The van der Waals surface area contributed by atoms with Crippen LogP contribution >= 0.6 is 0 Å². The highest BCUT2D eigenvalue weighted by molar-refractivity contribution is 7.89. The van der Waals surface area contributed by atoms with Gasteiger partial charge in [0.15, 0.2) is 11.5 Å². The molecule has 2 aromatic carbocycles. The SMILES string of the molecule is COc1ccc(CC(=O)Nc2ccc(S(=O)(=O)NC[C@@H]3CCCO3)cc2)cc1OC. The lowest BCUT2D eigenvalue weighted by Gasteiger charge is -2.12. The third kappa shape index (κ3) is 5.71. The van der Waals surface area contributed by atoms with Gasteiger partial charge >= 0.3 is 0 Å². The summed E-state index contributed by atoms with van der Waals surface area (Å²) >= 11 is 0. The molecule has 2 aromatic rings. The fraction of sp³-hybridized carbons (Fsp3) is 0.381. The van der Waals surface area contributed by atoms with E-state index >= 15 is 0 Å². The molecule has 9 heteroatoms. The molecule has 0 aromatic heterocycles. The summed E-state index contributed by atoms with van der Waals surface area (Å²) in [6, 6.07) is 11.3. The van der Waals surface area contributed by atoms with Crippen LogP contribution in [0, 0.1) is 0 Å². The fourth-order valence-corrected chi connectivity index (χ4v) is 4.26. The van der Waals surface area contributed by atoms with Gasteiger partial charge in [0.05, 0.1) is 31.6 Å². The topological polar surface area (TPSA) is 103 Å². The van der Waals surface area contributed by atoms with Crippen molar-refractivity contribution in [1.82, 2.24) is 4.72 Å². The van der Waals surface area contributed by atoms with Crippen LogP contribution in [-0.4, -0.2) is 47.8 Å². The highest BCUT2D eigenvalue weighted by Crippen LogP contribution is 2.27. The quantitative estimate of drug-likeness (QED) is 0.628. The van der Waals surface area contributed by atoms with E-state index in [4.69, 9.17) is 14.2 Å². The van der Waals surface area contributed by atoms with Gasteiger partial charge in [0.1, 0.15) is 0 Å². The van der Waals surface area contributed by atoms with Gasteiger partial charge in [-0.15, -0.1) is 0 Å². The summed E-state index contributed by atoms with van der Waals surface area (Å²) in [7, 11) is -0.542. The largest absolute Gasteiger partial charge is 0.493 e. The van der Waals surface area contributed by atoms with Gasteiger partial charge < -0.3 is 19.5 Å². The Kier molecular flexibility index (Phi) is 7.30. The van der Waals surface area contributed by atoms with Crippen molar-refractivity contribution in [3.63, 3.8) is 0 Å². The van der Waals surface area contributed by atoms with Gasteiger partial charge in [-0.2, -0.15) is 0 Å². The number of hydrogen-bond acceptors (Lipinski definition) is 6. The first-order chi connectivity index (χ1) is 14.4. The third-order valence-electron chi connectivity index (χ3n) is 4.79. The number of methoxy groups -OCH3 is 2. The zero-order valence-corrected chi connectivity index (χ0v) is 17.8. The Morgan fingerprint density at radius 2 is 1.83 bits per heavy atom. The fourth-order valence-electron chi connectivity index (χ4n) is 3.19. The zero-order chi connectivity index (χ0) is 21.6. The number of sulfonamides is 1. The van der Waals surface area contributed by atoms with Gasteiger partial charge in [0, 0.05) is 18.8 Å². The van der Waals surface area contributed by atoms with Gasteiger partial charge in [-0.05, 0) is 54.8 Å². The smallest absolute Gasteiger partial charge is 0.240 e. The van der Waals surface area contributed by atoms with Gasteiger partial charge in [-0.3, -0.25) is 4.79 Å². The molecule has 0 aliphatic carbocycles. The van der Waals surface area contributed by atoms with Crippen molar-refractivity contribution in [3.05, 3.63) is 48.0 Å². The van der Waals surface area contributed by atoms with Crippen LogP contribution in [-0.2, 0) is 26.0 Å². The zero-order valence-electron chi connectivity index (χ0n) is 17.0. The van der Waals surface area contributed by atoms with E-state index < -0.39 is 10.0 Å². The molecular weight excluding hydrogens is 408 g/mol. The molecule has 30 heavy (non-hydrogen) atoms. The third-order valence-corrected chi connectivity index (χ3v) is 6.23. The molecule has 162 valence electrons. The maximum absolute atomic E-state index is 12.4. The maximum Gasteiger partial charge on any atom is 0.240 e. The lowest BCUT2D eigenvalue weighted by molar-refractivity contribution is -0.115. The number of amides is 1. The molecule has 0 spiro atoms. The Hall–Kier alpha value is -2.62. The molecule has 0 saturated carbocycles. The number of benzene rings is 2. The minimum Gasteiger partial charge on any atom is -0.493 e. The minimum absolute atomic E-state index is 0.0742. The molecule has 1 heterocycles. The van der Waals surface area contributed by atoms with Crippen molar-refractivity contribution < 1.29 is 27.4 Å². The van der Waals surface area contributed by atoms with E-state index in [9.17, 15) is 13.2 Å². The molecule has 3 rings (SSSR count). The normalized spacial score (nSPS) is 16.3. The molecular formula is C21H26N2O6S. The molecule has 0 radical (unpaired) electrons. The van der Waals surface area contributed by atoms with Crippen LogP contribution in [0.25, 0.3) is 0 Å². The number of ether oxygens (including phenoxy) is 3. The summed E-state index contributed by atoms with van der Waals surface area (Å²) in [4.78, 5) is 12.5. The van der Waals surface area contributed by atoms with Crippen LogP contribution < -0.4 is 19.5 Å². The Labute approximate surface area is 176 Å². The van der Waals surface area contributed by atoms with E-state index in [-0.39, 0.29) is 29.9 Å². The Bertz CT molecular complexity index is 969. The number of rotatable bonds is 9. The van der Waals surface area contributed by atoms with Crippen molar-refractivity contribution in [2.24, 2.45) is 0 Å². The van der Waals surface area contributed by atoms with Crippen LogP contribution in [0.4, 0.5) is 5.69 Å². The standard InChI is InChI=1S/C21H26N2O6S/c1-27-19-10-5-15(12-20(19)28-2)13-21(24)23-16-6-8-18(9-7-16)30(25,26)22-14-17-4-3-11-29-17/h5-10,12,17,22H,3-4,11,13-14H2,1-2H3,(H,23,24)/t17-/m0/s1. The summed E-state index contributed by atoms with van der Waals surface area (Å²) in [6.07, 6.45) is 1.87. The van der Waals surface area contributed by atoms with Gasteiger partial charge in [0.25, 0.3) is 0 Å². The Morgan fingerprint density at radius 1 is 1.10 bits per heavy atom. The predicted molar refractivity (Wildman–Crippen MR) is 112 cm³/mol. The lowest BCUT2D eigenvalue weighted by Crippen LogP contribution is -2.31. The van der Waals surface area contributed by atoms with E-state index in [1.807, 2.05) is 0 Å². The summed E-state index contributed by atoms with van der Waals surface area (Å²) < 4.78 is 43.2. The first-order valence-corrected chi connectivity index (χ1v) is 11.1. The van der Waals surface area contributed by atoms with Crippen molar-refractivity contribution in [2.45, 2.75) is 30.3 Å². The molecule has 1 atom stereocenters. The van der Waals surface area contributed by atoms with E-state index in [2.05, 4.69) is 10.0 Å². The average Bonchev–Trinajstić information content (AvgIpc) is 3.26. The van der Waals surface area contributed by atoms with E-state index in [1.54, 1.807) is 37.4 Å². The minimum atomic E-state index is -3.62. The Balaban J connectivity index is 1.57. The van der Waals surface area contributed by atoms with Crippen LogP contribution in [0.3, 0.4) is 0 Å². The second kappa shape index (κ2) is 9.92. The van der Waals surface area contributed by atoms with Crippen LogP contribution in [0.2, 0.25) is 0 Å². The molecule has 2 N–H and O–H groups in total. The van der Waals surface area contributed by atoms with Gasteiger partial charge in [-0.1, -0.05) is 6.07 Å². The lowest BCUT2D eigenvalue weighted by atomic mass is 10.1. The first-order valence-electron chi connectivity index (χ1n) is 9.63. The van der Waals surface area contributed by atoms with Crippen LogP contribution in [0.5, 0.6) is 11.5 Å². The van der Waals surface area contributed by atoms with Gasteiger partial charge in [0.2, 0.25) is 15.9 Å². The average molecular weight is 435 g/mol. The number of carbonyl (C=O) groups excluding carboxylic acids is 1. The molecule has 8 nitrogen and oxygen atoms in total. The van der Waals surface area contributed by atoms with E-state index in [0.29, 0.717) is 23.8 Å². The highest BCUT2D eigenvalue weighted by Gasteiger charge is 2.20. The van der Waals surface area contributed by atoms with E-state index in [0.717, 1.165) is 18.4 Å². The van der Waals surface area contributed by atoms with Crippen LogP contribution in [0.15, 0.2) is 47.4 Å². The van der Waals surface area contributed by atoms with Gasteiger partial charge in [-0.25, -0.2) is 13.1 Å². The second-order valence-corrected chi connectivity index (χ2v) is 8.69. The molecule has 1 fully saturated rings. The Morgan fingerprint density at radius 3 is 2.47 bits per heavy atom. The molecule has 1 aliphatic heterocycles. The molecule has 1 amide bonds. The predicted octanol–water partition coefficient (Wildman–Crippen LogP) is 2.34. The molecule has 1 aliphatic rings. The summed E-state index contributed by atoms with van der Waals surface area (Å²) in [5, 5.41) is 2.77. The summed E-state index contributed by atoms with van der Waals surface area (Å²) in [5.41, 5.74) is 1.28. The summed E-state index contributed by atoms with van der Waals surface area (Å²) in [6.45, 7) is 0.927. The molecule has 0 unspecified atom stereocenters. The van der Waals surface area contributed by atoms with Crippen molar-refractivity contribution in [1.29, 1.82) is 0 Å². The second-order valence-electron chi connectivity index (χ2n) is 6.93. The van der Waals surface area contributed by atoms with Crippen molar-refractivity contribution >= 4 is 21.6 Å². The highest BCUT2D eigenvalue weighted by atomic mass is 32.2. The molecule has 1 saturated heterocycles. The number of hydrogen-bond donors (Lipinski definition) is 2. The van der Waals surface area contributed by atoms with E-state index in [1.165, 1.54) is 19.2 Å². The number of anilines is 1. The summed E-state index contributed by atoms with van der Waals surface area (Å²) in [5.74, 6) is 0.911. The number of carbonyl (C=O) groups is 1. The van der Waals surface area contributed by atoms with Crippen LogP contribution in [0.1, 0.15) is 18.4 Å². The molecule has 0 bridgehead atoms. The van der Waals surface area contributed by atoms with Crippen molar-refractivity contribution in [2.75, 3.05) is 32.7 Å². The van der Waals surface area contributed by atoms with Crippen molar-refractivity contribution in [3.8, 4) is 11.5 Å². The maximum atomic E-state index is 12.4. The monoisotopic (exact) mass is 434 g/mol.